The zero-order valence-corrected chi connectivity index (χ0v) is 17.6. The van der Waals surface area contributed by atoms with Gasteiger partial charge in [0.15, 0.2) is 0 Å². The van der Waals surface area contributed by atoms with E-state index in [4.69, 9.17) is 15.2 Å². The van der Waals surface area contributed by atoms with Crippen LogP contribution >= 0.6 is 12.4 Å². The van der Waals surface area contributed by atoms with Crippen molar-refractivity contribution < 1.29 is 18.7 Å². The van der Waals surface area contributed by atoms with E-state index in [9.17, 15) is 9.18 Å². The second-order valence-corrected chi connectivity index (χ2v) is 6.50. The molecule has 0 aliphatic heterocycles. The van der Waals surface area contributed by atoms with Crippen LogP contribution in [-0.4, -0.2) is 24.2 Å². The number of carbonyl (C=O) groups is 1. The highest BCUT2D eigenvalue weighted by atomic mass is 35.5. The van der Waals surface area contributed by atoms with Gasteiger partial charge in [0.1, 0.15) is 11.6 Å². The summed E-state index contributed by atoms with van der Waals surface area (Å²) in [6.07, 6.45) is 6.80. The van der Waals surface area contributed by atoms with Crippen molar-refractivity contribution in [1.29, 1.82) is 0 Å². The molecule has 0 amide bonds. The maximum Gasteiger partial charge on any atom is 0.307 e. The highest BCUT2D eigenvalue weighted by Crippen LogP contribution is 2.35. The van der Waals surface area contributed by atoms with Gasteiger partial charge in [-0.05, 0) is 49.9 Å². The van der Waals surface area contributed by atoms with E-state index in [1.54, 1.807) is 19.3 Å². The monoisotopic (exact) mass is 422 g/mol. The summed E-state index contributed by atoms with van der Waals surface area (Å²) in [4.78, 5) is 16.0. The first-order chi connectivity index (χ1) is 13.5. The largest absolute Gasteiger partial charge is 0.493 e. The van der Waals surface area contributed by atoms with Gasteiger partial charge >= 0.3 is 5.97 Å². The molecule has 0 saturated carbocycles. The van der Waals surface area contributed by atoms with Crippen molar-refractivity contribution in [1.82, 2.24) is 4.98 Å². The van der Waals surface area contributed by atoms with Crippen LogP contribution in [0.5, 0.6) is 5.75 Å². The molecule has 2 aromatic rings. The number of aryl methyl sites for hydroxylation is 1. The van der Waals surface area contributed by atoms with Gasteiger partial charge in [0.2, 0.25) is 0 Å². The van der Waals surface area contributed by atoms with Crippen LogP contribution in [0, 0.1) is 12.7 Å². The second-order valence-electron chi connectivity index (χ2n) is 6.50. The van der Waals surface area contributed by atoms with Gasteiger partial charge in [0.05, 0.1) is 19.6 Å². The first kappa shape index (κ1) is 24.6. The number of nitrogens with two attached hydrogens (primary N) is 1. The Balaban J connectivity index is 0.00000420. The molecule has 1 aromatic carbocycles. The maximum absolute atomic E-state index is 13.9. The summed E-state index contributed by atoms with van der Waals surface area (Å²) < 4.78 is 24.7. The van der Waals surface area contributed by atoms with Crippen molar-refractivity contribution >= 4 is 18.4 Å². The highest BCUT2D eigenvalue weighted by molar-refractivity contribution is 5.85. The first-order valence-electron chi connectivity index (χ1n) is 9.36. The Bertz CT molecular complexity index is 830. The molecule has 0 bridgehead atoms. The van der Waals surface area contributed by atoms with E-state index in [0.29, 0.717) is 24.5 Å². The molecule has 0 spiro atoms. The highest BCUT2D eigenvalue weighted by Gasteiger charge is 2.17. The van der Waals surface area contributed by atoms with Gasteiger partial charge in [0, 0.05) is 35.6 Å². The van der Waals surface area contributed by atoms with E-state index in [-0.39, 0.29) is 30.6 Å². The average Bonchev–Trinajstić information content (AvgIpc) is 2.65. The van der Waals surface area contributed by atoms with Crippen LogP contribution in [0.1, 0.15) is 43.4 Å². The summed E-state index contributed by atoms with van der Waals surface area (Å²) in [7, 11) is 0. The van der Waals surface area contributed by atoms with Crippen LogP contribution < -0.4 is 10.5 Å². The average molecular weight is 423 g/mol. The number of aromatic nitrogens is 1. The van der Waals surface area contributed by atoms with Crippen LogP contribution in [0.2, 0.25) is 0 Å². The number of rotatable bonds is 10. The summed E-state index contributed by atoms with van der Waals surface area (Å²) in [6.45, 7) is 8.02. The number of esters is 1. The molecule has 0 fully saturated rings. The lowest BCUT2D eigenvalue weighted by atomic mass is 9.97. The van der Waals surface area contributed by atoms with E-state index >= 15 is 0 Å². The number of benzene rings is 1. The zero-order chi connectivity index (χ0) is 20.5. The van der Waals surface area contributed by atoms with Crippen LogP contribution in [0.3, 0.4) is 0 Å². The molecule has 1 heterocycles. The predicted molar refractivity (Wildman–Crippen MR) is 115 cm³/mol. The number of ether oxygens (including phenoxy) is 2. The Morgan fingerprint density at radius 2 is 2.10 bits per heavy atom. The molecule has 2 N–H and O–H groups in total. The van der Waals surface area contributed by atoms with Crippen molar-refractivity contribution in [3.8, 4) is 16.9 Å². The number of carbonyl (C=O) groups excluding carboxylic acids is 1. The van der Waals surface area contributed by atoms with E-state index in [1.165, 1.54) is 12.1 Å². The molecular formula is C22H28ClFN2O3. The van der Waals surface area contributed by atoms with E-state index in [1.807, 2.05) is 19.1 Å². The molecule has 5 nitrogen and oxygen atoms in total. The lowest BCUT2D eigenvalue weighted by Crippen LogP contribution is -2.17. The summed E-state index contributed by atoms with van der Waals surface area (Å²) in [5.74, 6) is -0.257. The molecule has 0 aliphatic carbocycles. The second kappa shape index (κ2) is 12.2. The van der Waals surface area contributed by atoms with Gasteiger partial charge in [-0.25, -0.2) is 4.39 Å². The summed E-state index contributed by atoms with van der Waals surface area (Å²) >= 11 is 0. The Kier molecular flexibility index (Phi) is 10.3. The van der Waals surface area contributed by atoms with Gasteiger partial charge in [-0.1, -0.05) is 6.08 Å². The van der Waals surface area contributed by atoms with Gasteiger partial charge < -0.3 is 15.2 Å². The van der Waals surface area contributed by atoms with Crippen LogP contribution in [0.25, 0.3) is 11.1 Å². The van der Waals surface area contributed by atoms with E-state index < -0.39 is 6.04 Å². The van der Waals surface area contributed by atoms with Crippen LogP contribution in [0.4, 0.5) is 4.39 Å². The molecule has 7 heteroatoms. The van der Waals surface area contributed by atoms with E-state index in [0.717, 1.165) is 29.5 Å². The quantitative estimate of drug-likeness (QED) is 0.334. The fourth-order valence-corrected chi connectivity index (χ4v) is 2.92. The minimum absolute atomic E-state index is 0. The molecule has 2 rings (SSSR count). The van der Waals surface area contributed by atoms with Gasteiger partial charge in [0.25, 0.3) is 0 Å². The number of hydrogen-bond acceptors (Lipinski definition) is 5. The van der Waals surface area contributed by atoms with Crippen molar-refractivity contribution in [2.24, 2.45) is 5.73 Å². The molecular weight excluding hydrogens is 395 g/mol. The number of halogens is 2. The first-order valence-corrected chi connectivity index (χ1v) is 9.36. The normalized spacial score (nSPS) is 11.3. The Morgan fingerprint density at radius 3 is 2.79 bits per heavy atom. The Hall–Kier alpha value is -2.44. The standard InChI is InChI=1S/C22H27FN2O3.ClH/c1-4-6-7-8-28-20-11-18(23)9-15(3)22(20)17-10-16(13-25-14-17)19(24)12-21(26)27-5-2;/h4,9-11,13-14,19H,1,5-8,12,24H2,2-3H3;1H/t19-;/m0./s1. The summed E-state index contributed by atoms with van der Waals surface area (Å²) in [6, 6.07) is 4.15. The number of unbranched alkanes of at least 4 members (excludes halogenated alkanes) is 1. The molecule has 1 aromatic heterocycles. The molecule has 158 valence electrons. The van der Waals surface area contributed by atoms with Gasteiger partial charge in [-0.15, -0.1) is 19.0 Å². The van der Waals surface area contributed by atoms with Crippen molar-refractivity contribution in [2.45, 2.75) is 39.2 Å². The number of hydrogen-bond donors (Lipinski definition) is 1. The van der Waals surface area contributed by atoms with E-state index in [2.05, 4.69) is 11.6 Å². The minimum Gasteiger partial charge on any atom is -0.493 e. The molecule has 29 heavy (non-hydrogen) atoms. The molecule has 0 aliphatic rings. The Labute approximate surface area is 177 Å². The number of allylic oxidation sites excluding steroid dienone is 1. The lowest BCUT2D eigenvalue weighted by Gasteiger charge is -2.16. The molecule has 0 radical (unpaired) electrons. The SMILES string of the molecule is C=CCCCOc1cc(F)cc(C)c1-c1cncc([C@@H](N)CC(=O)OCC)c1.Cl. The minimum atomic E-state index is -0.538. The summed E-state index contributed by atoms with van der Waals surface area (Å²) in [5, 5.41) is 0. The van der Waals surface area contributed by atoms with Crippen molar-refractivity contribution in [3.63, 3.8) is 0 Å². The Morgan fingerprint density at radius 1 is 1.34 bits per heavy atom. The predicted octanol–water partition coefficient (Wildman–Crippen LogP) is 4.92. The van der Waals surface area contributed by atoms with Crippen LogP contribution in [0.15, 0.2) is 43.2 Å². The molecule has 1 atom stereocenters. The third kappa shape index (κ3) is 7.15. The third-order valence-corrected chi connectivity index (χ3v) is 4.24. The van der Waals surface area contributed by atoms with Crippen LogP contribution in [-0.2, 0) is 9.53 Å². The molecule has 0 unspecified atom stereocenters. The lowest BCUT2D eigenvalue weighted by molar-refractivity contribution is -0.143. The van der Waals surface area contributed by atoms with Gasteiger partial charge in [-0.3, -0.25) is 9.78 Å². The maximum atomic E-state index is 13.9. The number of pyridine rings is 1. The third-order valence-electron chi connectivity index (χ3n) is 4.24. The molecule has 0 saturated heterocycles. The smallest absolute Gasteiger partial charge is 0.307 e. The topological polar surface area (TPSA) is 74.4 Å². The van der Waals surface area contributed by atoms with Crippen molar-refractivity contribution in [2.75, 3.05) is 13.2 Å². The van der Waals surface area contributed by atoms with Gasteiger partial charge in [-0.2, -0.15) is 0 Å². The number of nitrogens with zero attached hydrogens (tertiary/aromatic N) is 1. The summed E-state index contributed by atoms with van der Waals surface area (Å²) in [5.41, 5.74) is 9.10. The zero-order valence-electron chi connectivity index (χ0n) is 16.8. The fourth-order valence-electron chi connectivity index (χ4n) is 2.92. The fraction of sp³-hybridized carbons (Fsp3) is 0.364. The van der Waals surface area contributed by atoms with Crippen molar-refractivity contribution in [3.05, 3.63) is 60.2 Å².